The summed E-state index contributed by atoms with van der Waals surface area (Å²) in [7, 11) is -2.56. The first-order valence-corrected chi connectivity index (χ1v) is 16.3. The lowest BCUT2D eigenvalue weighted by molar-refractivity contribution is -0.181. The molecule has 0 aromatic carbocycles. The third kappa shape index (κ3) is 8.69. The molecule has 12 heteroatoms. The van der Waals surface area contributed by atoms with E-state index in [0.29, 0.717) is 12.8 Å². The summed E-state index contributed by atoms with van der Waals surface area (Å²) in [5.41, 5.74) is 0. The molecule has 3 aliphatic rings. The normalized spacial score (nSPS) is 35.9. The fourth-order valence-corrected chi connectivity index (χ4v) is 9.86. The molecular formula is C27H45ClF3NO6S. The van der Waals surface area contributed by atoms with Crippen molar-refractivity contribution in [2.45, 2.75) is 125 Å². The Hall–Kier alpha value is -0.620. The van der Waals surface area contributed by atoms with Gasteiger partial charge in [-0.15, -0.1) is 11.6 Å². The summed E-state index contributed by atoms with van der Waals surface area (Å²) in [6.07, 6.45) is -0.803. The van der Waals surface area contributed by atoms with Crippen molar-refractivity contribution in [3.8, 4) is 0 Å². The van der Waals surface area contributed by atoms with Gasteiger partial charge in [0.05, 0.1) is 34.8 Å². The van der Waals surface area contributed by atoms with E-state index >= 15 is 0 Å². The number of methoxy groups -OCH3 is 1. The van der Waals surface area contributed by atoms with Gasteiger partial charge in [0.15, 0.2) is 0 Å². The third-order valence-electron chi connectivity index (χ3n) is 9.34. The van der Waals surface area contributed by atoms with E-state index < -0.39 is 51.9 Å². The number of nitrogens with zero attached hydrogens (tertiary/aromatic N) is 1. The summed E-state index contributed by atoms with van der Waals surface area (Å²) in [5.74, 6) is -2.64. The highest BCUT2D eigenvalue weighted by atomic mass is 35.5. The largest absolute Gasteiger partial charge is 0.481 e. The van der Waals surface area contributed by atoms with Gasteiger partial charge in [-0.3, -0.25) is 4.79 Å². The molecule has 8 unspecified atom stereocenters. The molecule has 0 aliphatic heterocycles. The van der Waals surface area contributed by atoms with Crippen molar-refractivity contribution < 1.29 is 41.3 Å². The first-order chi connectivity index (χ1) is 18.2. The number of aliphatic hydroxyl groups excluding tert-OH is 1. The van der Waals surface area contributed by atoms with Crippen molar-refractivity contribution in [2.24, 2.45) is 23.7 Å². The molecule has 0 heterocycles. The summed E-state index contributed by atoms with van der Waals surface area (Å²) in [6.45, 7) is 1.74. The minimum Gasteiger partial charge on any atom is -0.481 e. The highest BCUT2D eigenvalue weighted by molar-refractivity contribution is 7.89. The van der Waals surface area contributed by atoms with Gasteiger partial charge >= 0.3 is 12.1 Å². The van der Waals surface area contributed by atoms with E-state index in [-0.39, 0.29) is 67.9 Å². The molecule has 0 radical (unpaired) electrons. The number of hydrogen-bond acceptors (Lipinski definition) is 5. The molecule has 0 amide bonds. The van der Waals surface area contributed by atoms with Crippen LogP contribution in [0.25, 0.3) is 0 Å². The molecule has 0 aromatic rings. The Morgan fingerprint density at radius 3 is 2.33 bits per heavy atom. The number of sulfonamides is 1. The molecule has 0 bridgehead atoms. The molecular weight excluding hydrogens is 559 g/mol. The minimum atomic E-state index is -4.46. The number of carboxylic acids is 1. The molecule has 3 saturated carbocycles. The van der Waals surface area contributed by atoms with Crippen LogP contribution in [0.15, 0.2) is 0 Å². The van der Waals surface area contributed by atoms with E-state index in [0.717, 1.165) is 32.1 Å². The first kappa shape index (κ1) is 32.9. The molecule has 3 aliphatic carbocycles. The van der Waals surface area contributed by atoms with E-state index in [1.807, 2.05) is 0 Å². The van der Waals surface area contributed by atoms with Crippen molar-refractivity contribution in [3.05, 3.63) is 0 Å². The number of aliphatic carboxylic acids is 1. The van der Waals surface area contributed by atoms with Crippen molar-refractivity contribution in [1.29, 1.82) is 0 Å². The van der Waals surface area contributed by atoms with Crippen LogP contribution in [-0.4, -0.2) is 77.6 Å². The SMILES string of the molecule is COC1CCC(C2CCCC(O)C(N(C[C@@H](C)CCC(=O)O)S(=O)(=O)C3CCCC(C(F)(F)F)C3)C2)CC1Cl. The Labute approximate surface area is 235 Å². The van der Waals surface area contributed by atoms with E-state index in [1.165, 1.54) is 4.31 Å². The smallest absolute Gasteiger partial charge is 0.391 e. The van der Waals surface area contributed by atoms with Gasteiger partial charge in [-0.2, -0.15) is 17.5 Å². The maximum atomic E-state index is 14.1. The molecule has 228 valence electrons. The van der Waals surface area contributed by atoms with E-state index in [1.54, 1.807) is 14.0 Å². The predicted octanol–water partition coefficient (Wildman–Crippen LogP) is 5.58. The van der Waals surface area contributed by atoms with Crippen LogP contribution in [0.1, 0.15) is 90.4 Å². The second-order valence-electron chi connectivity index (χ2n) is 12.1. The Balaban J connectivity index is 1.88. The molecule has 3 rings (SSSR count). The van der Waals surface area contributed by atoms with Crippen LogP contribution in [0.3, 0.4) is 0 Å². The second kappa shape index (κ2) is 14.0. The number of carbonyl (C=O) groups is 1. The van der Waals surface area contributed by atoms with Crippen LogP contribution in [-0.2, 0) is 19.6 Å². The second-order valence-corrected chi connectivity index (χ2v) is 14.8. The number of hydrogen-bond donors (Lipinski definition) is 2. The topological polar surface area (TPSA) is 104 Å². The number of aliphatic hydroxyl groups is 1. The average Bonchev–Trinajstić information content (AvgIpc) is 3.06. The van der Waals surface area contributed by atoms with E-state index in [9.17, 15) is 31.5 Å². The molecule has 0 spiro atoms. The summed E-state index contributed by atoms with van der Waals surface area (Å²) in [4.78, 5) is 11.2. The zero-order valence-corrected chi connectivity index (χ0v) is 24.6. The van der Waals surface area contributed by atoms with Crippen LogP contribution in [0.5, 0.6) is 0 Å². The third-order valence-corrected chi connectivity index (χ3v) is 12.1. The summed E-state index contributed by atoms with van der Waals surface area (Å²) < 4.78 is 75.7. The number of halogens is 4. The standard InChI is InChI=1S/C27H45ClF3NO6S/c1-17(9-12-26(34)35)16-32(39(36,37)21-7-4-6-20(15-21)27(29,30)31)23-14-18(5-3-8-24(23)33)19-10-11-25(38-2)22(28)13-19/h17-25,33H,3-16H2,1-2H3,(H,34,35)/t17-,18?,19?,20?,21?,22?,23?,24?,25?/m0/s1. The Bertz CT molecular complexity index is 906. The Kier molecular flexibility index (Phi) is 11.8. The average molecular weight is 604 g/mol. The van der Waals surface area contributed by atoms with Crippen molar-refractivity contribution >= 4 is 27.6 Å². The summed E-state index contributed by atoms with van der Waals surface area (Å²) in [6, 6.07) is -0.769. The molecule has 2 N–H and O–H groups in total. The van der Waals surface area contributed by atoms with Crippen LogP contribution >= 0.6 is 11.6 Å². The Morgan fingerprint density at radius 2 is 1.72 bits per heavy atom. The van der Waals surface area contributed by atoms with Gasteiger partial charge in [0.25, 0.3) is 0 Å². The maximum absolute atomic E-state index is 14.1. The molecule has 0 aromatic heterocycles. The van der Waals surface area contributed by atoms with Crippen LogP contribution < -0.4 is 0 Å². The van der Waals surface area contributed by atoms with E-state index in [2.05, 4.69) is 0 Å². The number of ether oxygens (including phenoxy) is 1. The molecule has 7 nitrogen and oxygen atoms in total. The first-order valence-electron chi connectivity index (χ1n) is 14.4. The predicted molar refractivity (Wildman–Crippen MR) is 143 cm³/mol. The molecule has 39 heavy (non-hydrogen) atoms. The van der Waals surface area contributed by atoms with Gasteiger partial charge in [-0.25, -0.2) is 8.42 Å². The minimum absolute atomic E-state index is 0.0220. The summed E-state index contributed by atoms with van der Waals surface area (Å²) in [5, 5.41) is 19.0. The lowest BCUT2D eigenvalue weighted by Gasteiger charge is -2.42. The van der Waals surface area contributed by atoms with Crippen molar-refractivity contribution in [1.82, 2.24) is 4.31 Å². The van der Waals surface area contributed by atoms with Crippen LogP contribution in [0, 0.1) is 23.7 Å². The van der Waals surface area contributed by atoms with Crippen molar-refractivity contribution in [2.75, 3.05) is 13.7 Å². The van der Waals surface area contributed by atoms with Gasteiger partial charge in [0.1, 0.15) is 0 Å². The lowest BCUT2D eigenvalue weighted by atomic mass is 9.75. The van der Waals surface area contributed by atoms with Gasteiger partial charge in [0, 0.05) is 20.1 Å². The van der Waals surface area contributed by atoms with E-state index in [4.69, 9.17) is 21.4 Å². The van der Waals surface area contributed by atoms with Gasteiger partial charge < -0.3 is 14.9 Å². The van der Waals surface area contributed by atoms with Gasteiger partial charge in [0.2, 0.25) is 10.0 Å². The molecule has 0 saturated heterocycles. The van der Waals surface area contributed by atoms with Gasteiger partial charge in [-0.05, 0) is 75.5 Å². The number of rotatable bonds is 10. The molecule has 9 atom stereocenters. The van der Waals surface area contributed by atoms with Crippen LogP contribution in [0.2, 0.25) is 0 Å². The lowest BCUT2D eigenvalue weighted by Crippen LogP contribution is -2.53. The van der Waals surface area contributed by atoms with Gasteiger partial charge in [-0.1, -0.05) is 26.2 Å². The number of carboxylic acid groups (broad SMARTS) is 1. The molecule has 3 fully saturated rings. The Morgan fingerprint density at radius 1 is 1.05 bits per heavy atom. The highest BCUT2D eigenvalue weighted by Gasteiger charge is 2.49. The fraction of sp³-hybridized carbons (Fsp3) is 0.963. The fourth-order valence-electron chi connectivity index (χ4n) is 7.02. The number of alkyl halides is 4. The van der Waals surface area contributed by atoms with Crippen molar-refractivity contribution in [3.63, 3.8) is 0 Å². The maximum Gasteiger partial charge on any atom is 0.391 e. The highest BCUT2D eigenvalue weighted by Crippen LogP contribution is 2.44. The zero-order valence-electron chi connectivity index (χ0n) is 23.0. The quantitative estimate of drug-likeness (QED) is 0.249. The monoisotopic (exact) mass is 603 g/mol. The van der Waals surface area contributed by atoms with Crippen LogP contribution in [0.4, 0.5) is 13.2 Å². The summed E-state index contributed by atoms with van der Waals surface area (Å²) >= 11 is 6.60. The zero-order chi connectivity index (χ0) is 29.0.